The van der Waals surface area contributed by atoms with Crippen LogP contribution in [0.4, 0.5) is 4.79 Å². The van der Waals surface area contributed by atoms with Crippen molar-refractivity contribution >= 4 is 17.9 Å². The fourth-order valence-electron chi connectivity index (χ4n) is 1.26. The first-order chi connectivity index (χ1) is 9.54. The van der Waals surface area contributed by atoms with Gasteiger partial charge in [-0.1, -0.05) is 0 Å². The second kappa shape index (κ2) is 7.74. The molecule has 0 aliphatic heterocycles. The van der Waals surface area contributed by atoms with Crippen LogP contribution in [0.5, 0.6) is 0 Å². The molecule has 0 radical (unpaired) electrons. The maximum Gasteiger partial charge on any atom is 0.335 e. The van der Waals surface area contributed by atoms with E-state index in [2.05, 4.69) is 16.2 Å². The Morgan fingerprint density at radius 3 is 2.25 bits per heavy atom. The van der Waals surface area contributed by atoms with Crippen molar-refractivity contribution in [1.82, 2.24) is 16.2 Å². The number of hydrazine groups is 1. The number of rotatable bonds is 5. The summed E-state index contributed by atoms with van der Waals surface area (Å²) >= 11 is 0. The maximum absolute atomic E-state index is 11.6. The molecule has 8 nitrogen and oxygen atoms in total. The monoisotopic (exact) mass is 281 g/mol. The Bertz CT molecular complexity index is 486. The molecule has 0 atom stereocenters. The number of carbonyl (C=O) groups is 3. The van der Waals surface area contributed by atoms with Crippen molar-refractivity contribution in [2.45, 2.75) is 0 Å². The molecule has 0 aromatic heterocycles. The normalized spacial score (nSPS) is 9.65. The molecule has 0 saturated carbocycles. The summed E-state index contributed by atoms with van der Waals surface area (Å²) in [5.74, 6) is -1.63. The predicted octanol–water partition coefficient (Wildman–Crippen LogP) is -0.0248. The summed E-state index contributed by atoms with van der Waals surface area (Å²) in [6.45, 7) is 0.670. The number of carbonyl (C=O) groups excluding carboxylic acids is 2. The number of urea groups is 1. The third-order valence-electron chi connectivity index (χ3n) is 2.28. The molecule has 1 aromatic carbocycles. The first-order valence-electron chi connectivity index (χ1n) is 5.71. The third-order valence-corrected chi connectivity index (χ3v) is 2.28. The van der Waals surface area contributed by atoms with Gasteiger partial charge in [0.25, 0.3) is 5.91 Å². The van der Waals surface area contributed by atoms with E-state index in [1.165, 1.54) is 31.4 Å². The van der Waals surface area contributed by atoms with E-state index in [1.54, 1.807) is 0 Å². The molecule has 3 amide bonds. The Hall–Kier alpha value is -2.61. The van der Waals surface area contributed by atoms with E-state index in [9.17, 15) is 14.4 Å². The molecule has 1 rings (SSSR count). The molecule has 0 unspecified atom stereocenters. The first-order valence-corrected chi connectivity index (χ1v) is 5.71. The van der Waals surface area contributed by atoms with Gasteiger partial charge in [-0.15, -0.1) is 0 Å². The van der Waals surface area contributed by atoms with Gasteiger partial charge in [-0.05, 0) is 24.3 Å². The molecule has 0 fully saturated rings. The van der Waals surface area contributed by atoms with Crippen LogP contribution in [0.25, 0.3) is 0 Å². The van der Waals surface area contributed by atoms with E-state index in [-0.39, 0.29) is 11.1 Å². The van der Waals surface area contributed by atoms with Crippen LogP contribution < -0.4 is 16.2 Å². The maximum atomic E-state index is 11.6. The van der Waals surface area contributed by atoms with Gasteiger partial charge in [0.2, 0.25) is 0 Å². The van der Waals surface area contributed by atoms with Crippen LogP contribution in [-0.4, -0.2) is 43.3 Å². The fourth-order valence-corrected chi connectivity index (χ4v) is 1.26. The van der Waals surface area contributed by atoms with Gasteiger partial charge in [-0.3, -0.25) is 10.2 Å². The minimum atomic E-state index is -1.08. The lowest BCUT2D eigenvalue weighted by atomic mass is 10.1. The van der Waals surface area contributed by atoms with Gasteiger partial charge in [0.15, 0.2) is 0 Å². The summed E-state index contributed by atoms with van der Waals surface area (Å²) < 4.78 is 4.74. The number of amides is 3. The highest BCUT2D eigenvalue weighted by Gasteiger charge is 2.08. The molecule has 0 aliphatic rings. The largest absolute Gasteiger partial charge is 0.478 e. The summed E-state index contributed by atoms with van der Waals surface area (Å²) in [5.41, 5.74) is 4.65. The number of ether oxygens (including phenoxy) is 1. The van der Waals surface area contributed by atoms with Gasteiger partial charge < -0.3 is 15.2 Å². The molecule has 0 saturated heterocycles. The highest BCUT2D eigenvalue weighted by Crippen LogP contribution is 2.03. The Morgan fingerprint density at radius 2 is 1.70 bits per heavy atom. The highest BCUT2D eigenvalue weighted by molar-refractivity contribution is 5.96. The molecule has 1 aromatic rings. The molecule has 0 bridgehead atoms. The zero-order valence-corrected chi connectivity index (χ0v) is 10.8. The van der Waals surface area contributed by atoms with Gasteiger partial charge in [0.1, 0.15) is 0 Å². The molecule has 4 N–H and O–H groups in total. The smallest absolute Gasteiger partial charge is 0.335 e. The van der Waals surface area contributed by atoms with Gasteiger partial charge in [-0.2, -0.15) is 0 Å². The summed E-state index contributed by atoms with van der Waals surface area (Å²) in [6.07, 6.45) is 0. The van der Waals surface area contributed by atoms with Gasteiger partial charge in [-0.25, -0.2) is 15.0 Å². The van der Waals surface area contributed by atoms with Crippen LogP contribution in [-0.2, 0) is 4.74 Å². The molecule has 108 valence electrons. The number of nitrogens with one attached hydrogen (secondary N) is 3. The molecule has 8 heteroatoms. The number of carboxylic acids is 1. The standard InChI is InChI=1S/C12H15N3O5/c1-20-7-6-13-12(19)15-14-10(16)8-2-4-9(5-3-8)11(17)18/h2-5H,6-7H2,1H3,(H,14,16)(H,17,18)(H2,13,15,19). The number of hydrogen-bond donors (Lipinski definition) is 4. The molecule has 20 heavy (non-hydrogen) atoms. The van der Waals surface area contributed by atoms with Crippen LogP contribution in [0, 0.1) is 0 Å². The molecular formula is C12H15N3O5. The fraction of sp³-hybridized carbons (Fsp3) is 0.250. The quantitative estimate of drug-likeness (QED) is 0.447. The van der Waals surface area contributed by atoms with Crippen LogP contribution in [0.2, 0.25) is 0 Å². The van der Waals surface area contributed by atoms with Crippen LogP contribution >= 0.6 is 0 Å². The minimum Gasteiger partial charge on any atom is -0.478 e. The van der Waals surface area contributed by atoms with Crippen LogP contribution in [0.15, 0.2) is 24.3 Å². The predicted molar refractivity (Wildman–Crippen MR) is 69.3 cm³/mol. The number of hydrogen-bond acceptors (Lipinski definition) is 4. The van der Waals surface area contributed by atoms with Crippen molar-refractivity contribution in [2.24, 2.45) is 0 Å². The zero-order chi connectivity index (χ0) is 15.0. The lowest BCUT2D eigenvalue weighted by molar-refractivity contribution is 0.0696. The van der Waals surface area contributed by atoms with E-state index < -0.39 is 17.9 Å². The summed E-state index contributed by atoms with van der Waals surface area (Å²) in [7, 11) is 1.50. The van der Waals surface area contributed by atoms with Crippen molar-refractivity contribution in [2.75, 3.05) is 20.3 Å². The van der Waals surface area contributed by atoms with Gasteiger partial charge in [0.05, 0.1) is 12.2 Å². The lowest BCUT2D eigenvalue weighted by Crippen LogP contribution is -2.47. The van der Waals surface area contributed by atoms with Crippen LogP contribution in [0.1, 0.15) is 20.7 Å². The number of benzene rings is 1. The number of aromatic carboxylic acids is 1. The average molecular weight is 281 g/mol. The van der Waals surface area contributed by atoms with E-state index in [4.69, 9.17) is 9.84 Å². The third kappa shape index (κ3) is 4.94. The average Bonchev–Trinajstić information content (AvgIpc) is 2.45. The Kier molecular flexibility index (Phi) is 5.98. The summed E-state index contributed by atoms with van der Waals surface area (Å²) in [4.78, 5) is 33.5. The highest BCUT2D eigenvalue weighted by atomic mass is 16.5. The topological polar surface area (TPSA) is 117 Å². The Morgan fingerprint density at radius 1 is 1.10 bits per heavy atom. The zero-order valence-electron chi connectivity index (χ0n) is 10.8. The van der Waals surface area contributed by atoms with Gasteiger partial charge >= 0.3 is 12.0 Å². The van der Waals surface area contributed by atoms with E-state index in [0.29, 0.717) is 13.2 Å². The molecular weight excluding hydrogens is 266 g/mol. The van der Waals surface area contributed by atoms with E-state index >= 15 is 0 Å². The summed E-state index contributed by atoms with van der Waals surface area (Å²) in [5, 5.41) is 11.2. The minimum absolute atomic E-state index is 0.0758. The molecule has 0 aliphatic carbocycles. The number of methoxy groups -OCH3 is 1. The number of carboxylic acid groups (broad SMARTS) is 1. The van der Waals surface area contributed by atoms with Crippen molar-refractivity contribution in [3.8, 4) is 0 Å². The van der Waals surface area contributed by atoms with Crippen molar-refractivity contribution in [3.63, 3.8) is 0 Å². The SMILES string of the molecule is COCCNC(=O)NNC(=O)c1ccc(C(=O)O)cc1. The van der Waals surface area contributed by atoms with E-state index in [0.717, 1.165) is 0 Å². The molecule has 0 heterocycles. The molecule has 0 spiro atoms. The Balaban J connectivity index is 2.42. The van der Waals surface area contributed by atoms with E-state index in [1.807, 2.05) is 0 Å². The second-order valence-electron chi connectivity index (χ2n) is 3.71. The summed E-state index contributed by atoms with van der Waals surface area (Å²) in [6, 6.07) is 4.73. The van der Waals surface area contributed by atoms with Crippen molar-refractivity contribution in [3.05, 3.63) is 35.4 Å². The lowest BCUT2D eigenvalue weighted by Gasteiger charge is -2.08. The van der Waals surface area contributed by atoms with Crippen molar-refractivity contribution in [1.29, 1.82) is 0 Å². The van der Waals surface area contributed by atoms with Crippen molar-refractivity contribution < 1.29 is 24.2 Å². The Labute approximate surface area is 115 Å². The van der Waals surface area contributed by atoms with Crippen LogP contribution in [0.3, 0.4) is 0 Å². The van der Waals surface area contributed by atoms with Gasteiger partial charge in [0, 0.05) is 19.2 Å². The second-order valence-corrected chi connectivity index (χ2v) is 3.71. The first kappa shape index (κ1) is 15.4.